The summed E-state index contributed by atoms with van der Waals surface area (Å²) in [4.78, 5) is 36.0. The van der Waals surface area contributed by atoms with Crippen LogP contribution in [0.15, 0.2) is 24.3 Å². The van der Waals surface area contributed by atoms with Gasteiger partial charge in [-0.3, -0.25) is 4.79 Å². The molecule has 1 aromatic carbocycles. The van der Waals surface area contributed by atoms with E-state index in [2.05, 4.69) is 0 Å². The average molecular weight is 317 g/mol. The SMILES string of the molecule is CCOC(=O)c1c(C=O)c2ccccc2n1C(C)C(=O)OCC. The molecule has 1 atom stereocenters. The maximum atomic E-state index is 12.3. The number of carbonyl (C=O) groups is 3. The van der Waals surface area contributed by atoms with Gasteiger partial charge in [0.2, 0.25) is 0 Å². The first-order valence-electron chi connectivity index (χ1n) is 7.48. The maximum absolute atomic E-state index is 12.3. The lowest BCUT2D eigenvalue weighted by Crippen LogP contribution is -2.23. The highest BCUT2D eigenvalue weighted by Crippen LogP contribution is 2.29. The Balaban J connectivity index is 2.74. The van der Waals surface area contributed by atoms with E-state index in [1.165, 1.54) is 4.57 Å². The number of aldehydes is 1. The molecule has 0 aliphatic carbocycles. The molecule has 2 aromatic rings. The van der Waals surface area contributed by atoms with Gasteiger partial charge in [-0.25, -0.2) is 9.59 Å². The normalized spacial score (nSPS) is 12.0. The quantitative estimate of drug-likeness (QED) is 0.605. The van der Waals surface area contributed by atoms with Gasteiger partial charge in [-0.15, -0.1) is 0 Å². The maximum Gasteiger partial charge on any atom is 0.355 e. The van der Waals surface area contributed by atoms with Crippen molar-refractivity contribution in [1.82, 2.24) is 4.57 Å². The standard InChI is InChI=1S/C17H19NO5/c1-4-22-16(20)11(3)18-14-9-7-6-8-12(14)13(10-19)15(18)17(21)23-5-2/h6-11H,4-5H2,1-3H3. The Kier molecular flexibility index (Phi) is 5.16. The molecule has 0 fully saturated rings. The van der Waals surface area contributed by atoms with Gasteiger partial charge < -0.3 is 14.0 Å². The number of benzene rings is 1. The van der Waals surface area contributed by atoms with Gasteiger partial charge in [0.15, 0.2) is 6.29 Å². The van der Waals surface area contributed by atoms with Crippen LogP contribution in [0.2, 0.25) is 0 Å². The molecule has 6 heteroatoms. The van der Waals surface area contributed by atoms with Crippen molar-refractivity contribution in [2.24, 2.45) is 0 Å². The number of hydrogen-bond donors (Lipinski definition) is 0. The minimum Gasteiger partial charge on any atom is -0.464 e. The number of rotatable bonds is 6. The van der Waals surface area contributed by atoms with Crippen LogP contribution < -0.4 is 0 Å². The molecule has 122 valence electrons. The summed E-state index contributed by atoms with van der Waals surface area (Å²) in [5, 5.41) is 0.599. The van der Waals surface area contributed by atoms with Crippen LogP contribution in [-0.4, -0.2) is 36.0 Å². The van der Waals surface area contributed by atoms with Crippen LogP contribution in [0, 0.1) is 0 Å². The van der Waals surface area contributed by atoms with Crippen LogP contribution in [-0.2, 0) is 14.3 Å². The van der Waals surface area contributed by atoms with Crippen molar-refractivity contribution in [2.75, 3.05) is 13.2 Å². The summed E-state index contributed by atoms with van der Waals surface area (Å²) in [5.41, 5.74) is 0.900. The Morgan fingerprint density at radius 2 is 1.83 bits per heavy atom. The zero-order chi connectivity index (χ0) is 17.0. The summed E-state index contributed by atoms with van der Waals surface area (Å²) >= 11 is 0. The smallest absolute Gasteiger partial charge is 0.355 e. The van der Waals surface area contributed by atoms with E-state index in [-0.39, 0.29) is 24.5 Å². The molecule has 0 N–H and O–H groups in total. The molecule has 1 heterocycles. The summed E-state index contributed by atoms with van der Waals surface area (Å²) in [6, 6.07) is 6.27. The largest absolute Gasteiger partial charge is 0.464 e. The van der Waals surface area contributed by atoms with Crippen LogP contribution in [0.4, 0.5) is 0 Å². The van der Waals surface area contributed by atoms with Crippen LogP contribution in [0.3, 0.4) is 0 Å². The van der Waals surface area contributed by atoms with Crippen molar-refractivity contribution in [3.05, 3.63) is 35.5 Å². The third-order valence-corrected chi connectivity index (χ3v) is 3.55. The topological polar surface area (TPSA) is 74.6 Å². The third-order valence-electron chi connectivity index (χ3n) is 3.55. The first-order chi connectivity index (χ1) is 11.1. The Morgan fingerprint density at radius 1 is 1.17 bits per heavy atom. The molecule has 0 radical (unpaired) electrons. The number of esters is 2. The number of aromatic nitrogens is 1. The molecule has 0 saturated heterocycles. The van der Waals surface area contributed by atoms with Crippen molar-refractivity contribution >= 4 is 29.1 Å². The zero-order valence-electron chi connectivity index (χ0n) is 13.4. The second-order valence-electron chi connectivity index (χ2n) is 4.92. The molecule has 0 aliphatic rings. The number of para-hydroxylation sites is 1. The van der Waals surface area contributed by atoms with E-state index < -0.39 is 18.0 Å². The highest BCUT2D eigenvalue weighted by Gasteiger charge is 2.29. The molecule has 0 aliphatic heterocycles. The van der Waals surface area contributed by atoms with Crippen molar-refractivity contribution in [1.29, 1.82) is 0 Å². The second kappa shape index (κ2) is 7.09. The highest BCUT2D eigenvalue weighted by atomic mass is 16.5. The minimum atomic E-state index is -0.757. The van der Waals surface area contributed by atoms with Gasteiger partial charge in [0.1, 0.15) is 11.7 Å². The highest BCUT2D eigenvalue weighted by molar-refractivity contribution is 6.09. The predicted octanol–water partition coefficient (Wildman–Crippen LogP) is 2.75. The minimum absolute atomic E-state index is 0.0728. The van der Waals surface area contributed by atoms with Gasteiger partial charge in [-0.1, -0.05) is 18.2 Å². The Hall–Kier alpha value is -2.63. The summed E-state index contributed by atoms with van der Waals surface area (Å²) in [6.45, 7) is 5.42. The van der Waals surface area contributed by atoms with Gasteiger partial charge in [-0.2, -0.15) is 0 Å². The average Bonchev–Trinajstić information content (AvgIpc) is 2.88. The Labute approximate surface area is 134 Å². The zero-order valence-corrected chi connectivity index (χ0v) is 13.4. The van der Waals surface area contributed by atoms with E-state index in [9.17, 15) is 14.4 Å². The predicted molar refractivity (Wildman–Crippen MR) is 84.6 cm³/mol. The molecule has 0 bridgehead atoms. The van der Waals surface area contributed by atoms with Gasteiger partial charge in [0.05, 0.1) is 24.3 Å². The molecule has 23 heavy (non-hydrogen) atoms. The summed E-state index contributed by atoms with van der Waals surface area (Å²) in [6.07, 6.45) is 0.614. The van der Waals surface area contributed by atoms with Crippen molar-refractivity contribution in [3.8, 4) is 0 Å². The van der Waals surface area contributed by atoms with Crippen LogP contribution in [0.5, 0.6) is 0 Å². The number of nitrogens with zero attached hydrogens (tertiary/aromatic N) is 1. The molecular weight excluding hydrogens is 298 g/mol. The molecular formula is C17H19NO5. The van der Waals surface area contributed by atoms with Gasteiger partial charge in [0.25, 0.3) is 0 Å². The van der Waals surface area contributed by atoms with E-state index in [4.69, 9.17) is 9.47 Å². The van der Waals surface area contributed by atoms with Crippen molar-refractivity contribution in [3.63, 3.8) is 0 Å². The monoisotopic (exact) mass is 317 g/mol. The van der Waals surface area contributed by atoms with Gasteiger partial charge >= 0.3 is 11.9 Å². The van der Waals surface area contributed by atoms with E-state index in [0.717, 1.165) is 0 Å². The fourth-order valence-electron chi connectivity index (χ4n) is 2.59. The van der Waals surface area contributed by atoms with Gasteiger partial charge in [-0.05, 0) is 26.8 Å². The number of hydrogen-bond acceptors (Lipinski definition) is 5. The van der Waals surface area contributed by atoms with Gasteiger partial charge in [0, 0.05) is 5.39 Å². The molecule has 2 rings (SSSR count). The summed E-state index contributed by atoms with van der Waals surface area (Å²) in [5.74, 6) is -1.11. The lowest BCUT2D eigenvalue weighted by Gasteiger charge is -2.17. The van der Waals surface area contributed by atoms with Crippen molar-refractivity contribution in [2.45, 2.75) is 26.8 Å². The van der Waals surface area contributed by atoms with E-state index >= 15 is 0 Å². The molecule has 0 saturated carbocycles. The summed E-state index contributed by atoms with van der Waals surface area (Å²) < 4.78 is 11.6. The molecule has 6 nitrogen and oxygen atoms in total. The third kappa shape index (κ3) is 2.97. The fraction of sp³-hybridized carbons (Fsp3) is 0.353. The Morgan fingerprint density at radius 3 is 2.43 bits per heavy atom. The Bertz CT molecular complexity index is 747. The molecule has 1 aromatic heterocycles. The first-order valence-corrected chi connectivity index (χ1v) is 7.48. The number of fused-ring (bicyclic) bond motifs is 1. The lowest BCUT2D eigenvalue weighted by atomic mass is 10.1. The van der Waals surface area contributed by atoms with E-state index in [1.54, 1.807) is 45.0 Å². The van der Waals surface area contributed by atoms with Crippen molar-refractivity contribution < 1.29 is 23.9 Å². The lowest BCUT2D eigenvalue weighted by molar-refractivity contribution is -0.146. The second-order valence-corrected chi connectivity index (χ2v) is 4.92. The van der Waals surface area contributed by atoms with E-state index in [1.807, 2.05) is 0 Å². The van der Waals surface area contributed by atoms with Crippen LogP contribution >= 0.6 is 0 Å². The van der Waals surface area contributed by atoms with E-state index in [0.29, 0.717) is 17.2 Å². The molecule has 1 unspecified atom stereocenters. The van der Waals surface area contributed by atoms with Crippen LogP contribution in [0.1, 0.15) is 47.7 Å². The summed E-state index contributed by atoms with van der Waals surface area (Å²) in [7, 11) is 0. The molecule has 0 amide bonds. The number of ether oxygens (including phenoxy) is 2. The fourth-order valence-corrected chi connectivity index (χ4v) is 2.59. The first kappa shape index (κ1) is 16.7. The number of carbonyl (C=O) groups excluding carboxylic acids is 3. The molecule has 0 spiro atoms. The van der Waals surface area contributed by atoms with Crippen LogP contribution in [0.25, 0.3) is 10.9 Å².